The van der Waals surface area contributed by atoms with E-state index in [0.717, 1.165) is 32.1 Å². The Bertz CT molecular complexity index is 716. The molecule has 47 heavy (non-hydrogen) atoms. The number of hydrogen-bond donors (Lipinski definition) is 3. The number of aliphatic hydroxyl groups is 2. The fourth-order valence-corrected chi connectivity index (χ4v) is 6.13. The Morgan fingerprint density at radius 3 is 1.23 bits per heavy atom. The van der Waals surface area contributed by atoms with Gasteiger partial charge in [0.2, 0.25) is 5.91 Å². The van der Waals surface area contributed by atoms with Gasteiger partial charge in [0, 0.05) is 6.42 Å². The van der Waals surface area contributed by atoms with Crippen molar-refractivity contribution in [2.75, 3.05) is 6.61 Å². The summed E-state index contributed by atoms with van der Waals surface area (Å²) in [6.07, 6.45) is 51.1. The zero-order valence-corrected chi connectivity index (χ0v) is 31.5. The van der Waals surface area contributed by atoms with Gasteiger partial charge in [-0.25, -0.2) is 0 Å². The summed E-state index contributed by atoms with van der Waals surface area (Å²) in [6, 6.07) is -0.638. The number of amides is 1. The highest BCUT2D eigenvalue weighted by Crippen LogP contribution is 2.14. The van der Waals surface area contributed by atoms with Gasteiger partial charge in [-0.3, -0.25) is 4.79 Å². The zero-order chi connectivity index (χ0) is 34.3. The molecule has 0 heterocycles. The van der Waals surface area contributed by atoms with Gasteiger partial charge >= 0.3 is 0 Å². The fourth-order valence-electron chi connectivity index (χ4n) is 6.13. The van der Waals surface area contributed by atoms with Crippen LogP contribution in [0.4, 0.5) is 0 Å². The van der Waals surface area contributed by atoms with Crippen molar-refractivity contribution in [1.29, 1.82) is 0 Å². The van der Waals surface area contributed by atoms with Crippen LogP contribution in [0.1, 0.15) is 213 Å². The molecule has 1 amide bonds. The molecule has 0 aromatic carbocycles. The summed E-state index contributed by atoms with van der Waals surface area (Å²) in [5.41, 5.74) is 0. The molecule has 4 heteroatoms. The fraction of sp³-hybridized carbons (Fsp3) is 0.837. The summed E-state index contributed by atoms with van der Waals surface area (Å²) >= 11 is 0. The molecule has 0 aliphatic rings. The second-order valence-corrected chi connectivity index (χ2v) is 14.0. The van der Waals surface area contributed by atoms with E-state index in [9.17, 15) is 15.0 Å². The average molecular weight is 660 g/mol. The minimum Gasteiger partial charge on any atom is -0.394 e. The molecule has 0 aliphatic carbocycles. The van der Waals surface area contributed by atoms with E-state index in [1.54, 1.807) is 6.08 Å². The number of nitrogens with one attached hydrogen (secondary N) is 1. The van der Waals surface area contributed by atoms with E-state index in [2.05, 4.69) is 43.5 Å². The van der Waals surface area contributed by atoms with E-state index in [1.165, 1.54) is 161 Å². The minimum atomic E-state index is -0.861. The molecule has 2 unspecified atom stereocenters. The van der Waals surface area contributed by atoms with Crippen molar-refractivity contribution in [3.8, 4) is 0 Å². The summed E-state index contributed by atoms with van der Waals surface area (Å²) in [5, 5.41) is 22.9. The molecule has 0 aromatic rings. The maximum absolute atomic E-state index is 12.3. The van der Waals surface area contributed by atoms with Gasteiger partial charge in [-0.2, -0.15) is 0 Å². The van der Waals surface area contributed by atoms with Crippen molar-refractivity contribution in [2.45, 2.75) is 225 Å². The van der Waals surface area contributed by atoms with Crippen LogP contribution in [-0.4, -0.2) is 34.9 Å². The lowest BCUT2D eigenvalue weighted by molar-refractivity contribution is -0.123. The SMILES string of the molecule is CCCCCCCC/C=C/CC/C=C/C(O)C(CO)NC(=O)CCCCCCCCC/C=C\CCCCCCCCCCCCCC. The third kappa shape index (κ3) is 35.7. The molecule has 0 rings (SSSR count). The Kier molecular flexibility index (Phi) is 37.9. The number of rotatable bonds is 37. The first-order valence-corrected chi connectivity index (χ1v) is 20.7. The molecule has 0 saturated carbocycles. The highest BCUT2D eigenvalue weighted by Gasteiger charge is 2.17. The van der Waals surface area contributed by atoms with E-state index in [4.69, 9.17) is 0 Å². The summed E-state index contributed by atoms with van der Waals surface area (Å²) in [4.78, 5) is 12.3. The molecule has 0 aliphatic heterocycles. The van der Waals surface area contributed by atoms with Gasteiger partial charge in [0.05, 0.1) is 18.8 Å². The van der Waals surface area contributed by atoms with Crippen molar-refractivity contribution in [3.05, 3.63) is 36.5 Å². The van der Waals surface area contributed by atoms with E-state index in [0.29, 0.717) is 6.42 Å². The Hall–Kier alpha value is -1.39. The molecule has 276 valence electrons. The lowest BCUT2D eigenvalue weighted by Crippen LogP contribution is -2.45. The van der Waals surface area contributed by atoms with E-state index >= 15 is 0 Å². The smallest absolute Gasteiger partial charge is 0.220 e. The van der Waals surface area contributed by atoms with Gasteiger partial charge < -0.3 is 15.5 Å². The number of aliphatic hydroxyl groups excluding tert-OH is 2. The van der Waals surface area contributed by atoms with E-state index in [1.807, 2.05) is 6.08 Å². The molecule has 4 nitrogen and oxygen atoms in total. The van der Waals surface area contributed by atoms with Crippen LogP contribution in [0.3, 0.4) is 0 Å². The van der Waals surface area contributed by atoms with Crippen LogP contribution in [0.2, 0.25) is 0 Å². The van der Waals surface area contributed by atoms with Crippen molar-refractivity contribution in [2.24, 2.45) is 0 Å². The van der Waals surface area contributed by atoms with Gasteiger partial charge in [0.25, 0.3) is 0 Å². The zero-order valence-electron chi connectivity index (χ0n) is 31.5. The second-order valence-electron chi connectivity index (χ2n) is 14.0. The van der Waals surface area contributed by atoms with Crippen molar-refractivity contribution >= 4 is 5.91 Å². The number of allylic oxidation sites excluding steroid dienone is 5. The predicted molar refractivity (Wildman–Crippen MR) is 207 cm³/mol. The minimum absolute atomic E-state index is 0.0792. The van der Waals surface area contributed by atoms with Gasteiger partial charge in [-0.15, -0.1) is 0 Å². The molecule has 0 radical (unpaired) electrons. The number of hydrogen-bond acceptors (Lipinski definition) is 3. The van der Waals surface area contributed by atoms with Crippen LogP contribution < -0.4 is 5.32 Å². The highest BCUT2D eigenvalue weighted by molar-refractivity contribution is 5.76. The summed E-state index contributed by atoms with van der Waals surface area (Å²) in [5.74, 6) is -0.0792. The quantitative estimate of drug-likeness (QED) is 0.0459. The number of carbonyl (C=O) groups is 1. The number of carbonyl (C=O) groups excluding carboxylic acids is 1. The highest BCUT2D eigenvalue weighted by atomic mass is 16.3. The first-order valence-electron chi connectivity index (χ1n) is 20.7. The third-order valence-corrected chi connectivity index (χ3v) is 9.35. The first-order chi connectivity index (χ1) is 23.2. The normalized spacial score (nSPS) is 13.4. The Balaban J connectivity index is 3.57. The van der Waals surface area contributed by atoms with E-state index < -0.39 is 12.1 Å². The third-order valence-electron chi connectivity index (χ3n) is 9.35. The van der Waals surface area contributed by atoms with Crippen LogP contribution in [0, 0.1) is 0 Å². The van der Waals surface area contributed by atoms with Crippen LogP contribution in [0.5, 0.6) is 0 Å². The Morgan fingerprint density at radius 2 is 0.830 bits per heavy atom. The van der Waals surface area contributed by atoms with Crippen LogP contribution >= 0.6 is 0 Å². The predicted octanol–water partition coefficient (Wildman–Crippen LogP) is 12.6. The van der Waals surface area contributed by atoms with Crippen molar-refractivity contribution in [1.82, 2.24) is 5.32 Å². The maximum Gasteiger partial charge on any atom is 0.220 e. The molecule has 0 spiro atoms. The largest absolute Gasteiger partial charge is 0.394 e. The topological polar surface area (TPSA) is 69.6 Å². The molecular weight excluding hydrogens is 578 g/mol. The molecule has 0 saturated heterocycles. The molecule has 2 atom stereocenters. The first kappa shape index (κ1) is 45.6. The van der Waals surface area contributed by atoms with Gasteiger partial charge in [0.1, 0.15) is 0 Å². The molecule has 0 aromatic heterocycles. The standard InChI is InChI=1S/C43H81NO3/c1-3-5-7-9-11-13-15-17-18-19-20-21-22-23-24-25-26-27-29-31-33-35-37-39-43(47)44-41(40-45)42(46)38-36-34-32-30-28-16-14-12-10-8-6-4-2/h23-24,28,30,36,38,41-42,45-46H,3-22,25-27,29,31-35,37,39-40H2,1-2H3,(H,44,47)/b24-23-,30-28+,38-36+. The van der Waals surface area contributed by atoms with Crippen molar-refractivity contribution in [3.63, 3.8) is 0 Å². The average Bonchev–Trinajstić information content (AvgIpc) is 3.07. The Labute approximate surface area is 293 Å². The summed E-state index contributed by atoms with van der Waals surface area (Å²) < 4.78 is 0. The Morgan fingerprint density at radius 1 is 0.489 bits per heavy atom. The second kappa shape index (κ2) is 39.1. The van der Waals surface area contributed by atoms with Crippen LogP contribution in [-0.2, 0) is 4.79 Å². The maximum atomic E-state index is 12.3. The van der Waals surface area contributed by atoms with Crippen molar-refractivity contribution < 1.29 is 15.0 Å². The lowest BCUT2D eigenvalue weighted by atomic mass is 10.0. The van der Waals surface area contributed by atoms with Crippen LogP contribution in [0.15, 0.2) is 36.5 Å². The molecule has 0 bridgehead atoms. The summed E-state index contributed by atoms with van der Waals surface area (Å²) in [6.45, 7) is 4.28. The molecule has 3 N–H and O–H groups in total. The van der Waals surface area contributed by atoms with Gasteiger partial charge in [0.15, 0.2) is 0 Å². The van der Waals surface area contributed by atoms with Crippen LogP contribution in [0.25, 0.3) is 0 Å². The monoisotopic (exact) mass is 660 g/mol. The molecule has 0 fully saturated rings. The molecular formula is C43H81NO3. The van der Waals surface area contributed by atoms with E-state index in [-0.39, 0.29) is 12.5 Å². The summed E-state index contributed by atoms with van der Waals surface area (Å²) in [7, 11) is 0. The van der Waals surface area contributed by atoms with Gasteiger partial charge in [-0.05, 0) is 57.8 Å². The number of unbranched alkanes of at least 4 members (excludes halogenated alkanes) is 26. The lowest BCUT2D eigenvalue weighted by Gasteiger charge is -2.19. The van der Waals surface area contributed by atoms with Gasteiger partial charge in [-0.1, -0.05) is 185 Å².